The number of aryl methyl sites for hydroxylation is 1. The Balaban J connectivity index is 2.53. The average Bonchev–Trinajstić information content (AvgIpc) is 2.72. The molecule has 7 heteroatoms. The number of halogens is 1. The van der Waals surface area contributed by atoms with E-state index in [2.05, 4.69) is 31.2 Å². The summed E-state index contributed by atoms with van der Waals surface area (Å²) in [6.07, 6.45) is 3.37. The lowest BCUT2D eigenvalue weighted by molar-refractivity contribution is 0.729. The smallest absolute Gasteiger partial charge is 0.280 e. The molecule has 0 bridgehead atoms. The first-order valence-corrected chi connectivity index (χ1v) is 5.90. The van der Waals surface area contributed by atoms with Crippen LogP contribution in [0.3, 0.4) is 0 Å². The van der Waals surface area contributed by atoms with Gasteiger partial charge in [0.2, 0.25) is 0 Å². The van der Waals surface area contributed by atoms with E-state index >= 15 is 0 Å². The van der Waals surface area contributed by atoms with Crippen LogP contribution in [0.2, 0.25) is 0 Å². The molecule has 0 spiro atoms. The number of fused-ring (bicyclic) bond motifs is 3. The first-order valence-electron chi connectivity index (χ1n) is 5.11. The van der Waals surface area contributed by atoms with E-state index in [4.69, 9.17) is 0 Å². The zero-order chi connectivity index (χ0) is 12.0. The van der Waals surface area contributed by atoms with E-state index in [1.54, 1.807) is 21.5 Å². The van der Waals surface area contributed by atoms with Gasteiger partial charge in [-0.3, -0.25) is 4.79 Å². The minimum Gasteiger partial charge on any atom is -0.314 e. The fourth-order valence-corrected chi connectivity index (χ4v) is 2.09. The molecule has 0 unspecified atom stereocenters. The summed E-state index contributed by atoms with van der Waals surface area (Å²) in [6.45, 7) is 2.51. The Kier molecular flexibility index (Phi) is 2.22. The highest BCUT2D eigenvalue weighted by molar-refractivity contribution is 9.10. The summed E-state index contributed by atoms with van der Waals surface area (Å²) in [5, 5.41) is 12.1. The zero-order valence-corrected chi connectivity index (χ0v) is 10.5. The predicted octanol–water partition coefficient (Wildman–Crippen LogP) is 1.22. The Hall–Kier alpha value is -1.76. The van der Waals surface area contributed by atoms with Crippen molar-refractivity contribution in [2.75, 3.05) is 0 Å². The predicted molar refractivity (Wildman–Crippen MR) is 65.9 cm³/mol. The molecule has 17 heavy (non-hydrogen) atoms. The third-order valence-electron chi connectivity index (χ3n) is 2.63. The number of aromatic nitrogens is 5. The molecule has 0 atom stereocenters. The molecule has 0 radical (unpaired) electrons. The molecule has 0 saturated carbocycles. The lowest BCUT2D eigenvalue weighted by Crippen LogP contribution is -2.20. The molecule has 3 aromatic heterocycles. The zero-order valence-electron chi connectivity index (χ0n) is 8.96. The highest BCUT2D eigenvalue weighted by Gasteiger charge is 2.10. The minimum atomic E-state index is -0.147. The van der Waals surface area contributed by atoms with Gasteiger partial charge in [-0.1, -0.05) is 0 Å². The molecular formula is C10H8BrN5O. The van der Waals surface area contributed by atoms with E-state index < -0.39 is 0 Å². The van der Waals surface area contributed by atoms with Gasteiger partial charge in [-0.05, 0) is 28.9 Å². The molecule has 0 fully saturated rings. The quantitative estimate of drug-likeness (QED) is 0.677. The number of hydrogen-bond donors (Lipinski definition) is 0. The van der Waals surface area contributed by atoms with E-state index in [0.29, 0.717) is 23.2 Å². The minimum absolute atomic E-state index is 0.147. The van der Waals surface area contributed by atoms with E-state index in [1.165, 1.54) is 0 Å². The van der Waals surface area contributed by atoms with Crippen LogP contribution in [-0.2, 0) is 6.54 Å². The lowest BCUT2D eigenvalue weighted by atomic mass is 10.4. The summed E-state index contributed by atoms with van der Waals surface area (Å²) < 4.78 is 3.95. The van der Waals surface area contributed by atoms with Crippen LogP contribution in [0.5, 0.6) is 0 Å². The van der Waals surface area contributed by atoms with Crippen molar-refractivity contribution in [2.24, 2.45) is 0 Å². The maximum absolute atomic E-state index is 12.0. The van der Waals surface area contributed by atoms with E-state index in [-0.39, 0.29) is 5.56 Å². The molecule has 0 aliphatic rings. The van der Waals surface area contributed by atoms with Crippen LogP contribution in [0, 0.1) is 0 Å². The Labute approximate surface area is 104 Å². The molecule has 0 aromatic carbocycles. The van der Waals surface area contributed by atoms with Crippen LogP contribution < -0.4 is 5.56 Å². The van der Waals surface area contributed by atoms with Gasteiger partial charge in [0.25, 0.3) is 5.56 Å². The molecule has 3 heterocycles. The first kappa shape index (κ1) is 10.4. The van der Waals surface area contributed by atoms with Gasteiger partial charge in [-0.15, -0.1) is 10.2 Å². The van der Waals surface area contributed by atoms with Crippen LogP contribution in [0.4, 0.5) is 0 Å². The van der Waals surface area contributed by atoms with Crippen LogP contribution in [0.15, 0.2) is 27.7 Å². The molecule has 0 amide bonds. The standard InChI is InChI=1S/C10H8BrN5O/c1-2-15-4-3-7-8(10(15)17)13-14-9-6(11)5-12-16(7)9/h3-5H,2H2,1H3. The van der Waals surface area contributed by atoms with E-state index in [9.17, 15) is 4.79 Å². The fraction of sp³-hybridized carbons (Fsp3) is 0.200. The monoisotopic (exact) mass is 293 g/mol. The largest absolute Gasteiger partial charge is 0.314 e. The van der Waals surface area contributed by atoms with Crippen molar-refractivity contribution in [3.63, 3.8) is 0 Å². The van der Waals surface area contributed by atoms with Gasteiger partial charge in [0.05, 0.1) is 10.7 Å². The van der Waals surface area contributed by atoms with Gasteiger partial charge in [-0.2, -0.15) is 5.10 Å². The Bertz CT molecular complexity index is 775. The summed E-state index contributed by atoms with van der Waals surface area (Å²) in [4.78, 5) is 12.0. The summed E-state index contributed by atoms with van der Waals surface area (Å²) in [5.74, 6) is 0. The maximum atomic E-state index is 12.0. The second-order valence-electron chi connectivity index (χ2n) is 3.57. The summed E-state index contributed by atoms with van der Waals surface area (Å²) in [7, 11) is 0. The summed E-state index contributed by atoms with van der Waals surface area (Å²) >= 11 is 3.33. The molecule has 0 N–H and O–H groups in total. The van der Waals surface area contributed by atoms with E-state index in [1.807, 2.05) is 13.0 Å². The van der Waals surface area contributed by atoms with Gasteiger partial charge in [0.1, 0.15) is 5.52 Å². The lowest BCUT2D eigenvalue weighted by Gasteiger charge is -2.03. The highest BCUT2D eigenvalue weighted by atomic mass is 79.9. The summed E-state index contributed by atoms with van der Waals surface area (Å²) in [5.41, 5.74) is 1.45. The number of rotatable bonds is 1. The van der Waals surface area contributed by atoms with Crippen molar-refractivity contribution in [2.45, 2.75) is 13.5 Å². The van der Waals surface area contributed by atoms with Crippen molar-refractivity contribution in [1.29, 1.82) is 0 Å². The molecule has 3 rings (SSSR count). The number of pyridine rings is 1. The van der Waals surface area contributed by atoms with Gasteiger partial charge < -0.3 is 4.57 Å². The molecule has 3 aromatic rings. The first-order chi connectivity index (χ1) is 8.22. The number of hydrogen-bond acceptors (Lipinski definition) is 4. The van der Waals surface area contributed by atoms with Crippen molar-refractivity contribution < 1.29 is 0 Å². The Morgan fingerprint density at radius 2 is 2.24 bits per heavy atom. The van der Waals surface area contributed by atoms with Crippen LogP contribution >= 0.6 is 15.9 Å². The Morgan fingerprint density at radius 3 is 3.00 bits per heavy atom. The molecule has 6 nitrogen and oxygen atoms in total. The molecule has 0 aliphatic carbocycles. The third-order valence-corrected chi connectivity index (χ3v) is 3.19. The van der Waals surface area contributed by atoms with Crippen molar-refractivity contribution in [3.8, 4) is 0 Å². The van der Waals surface area contributed by atoms with Crippen LogP contribution in [0.25, 0.3) is 16.7 Å². The van der Waals surface area contributed by atoms with Gasteiger partial charge >= 0.3 is 0 Å². The third kappa shape index (κ3) is 1.39. The van der Waals surface area contributed by atoms with Crippen molar-refractivity contribution >= 4 is 32.6 Å². The van der Waals surface area contributed by atoms with Crippen LogP contribution in [-0.4, -0.2) is 24.4 Å². The van der Waals surface area contributed by atoms with Crippen LogP contribution in [0.1, 0.15) is 6.92 Å². The fourth-order valence-electron chi connectivity index (χ4n) is 1.75. The SMILES string of the molecule is CCn1ccc2c(nnc3c(Br)cnn32)c1=O. The van der Waals surface area contributed by atoms with Gasteiger partial charge in [0, 0.05) is 12.7 Å². The van der Waals surface area contributed by atoms with Crippen molar-refractivity contribution in [3.05, 3.63) is 33.3 Å². The molecule has 0 aliphatic heterocycles. The molecule has 0 saturated heterocycles. The maximum Gasteiger partial charge on any atom is 0.280 e. The van der Waals surface area contributed by atoms with Crippen molar-refractivity contribution in [1.82, 2.24) is 24.4 Å². The van der Waals surface area contributed by atoms with Gasteiger partial charge in [-0.25, -0.2) is 4.52 Å². The average molecular weight is 294 g/mol. The second-order valence-corrected chi connectivity index (χ2v) is 4.42. The number of nitrogens with zero attached hydrogens (tertiary/aromatic N) is 5. The highest BCUT2D eigenvalue weighted by Crippen LogP contribution is 2.17. The second kappa shape index (κ2) is 3.63. The topological polar surface area (TPSA) is 65.1 Å². The normalized spacial score (nSPS) is 11.4. The van der Waals surface area contributed by atoms with Gasteiger partial charge in [0.15, 0.2) is 11.2 Å². The molecular weight excluding hydrogens is 286 g/mol. The Morgan fingerprint density at radius 1 is 1.41 bits per heavy atom. The molecule has 86 valence electrons. The van der Waals surface area contributed by atoms with E-state index in [0.717, 1.165) is 4.47 Å². The summed E-state index contributed by atoms with van der Waals surface area (Å²) in [6, 6.07) is 1.82.